The van der Waals surface area contributed by atoms with E-state index in [9.17, 15) is 13.2 Å². The first kappa shape index (κ1) is 8.83. The zero-order valence-corrected chi connectivity index (χ0v) is 7.62. The quantitative estimate of drug-likeness (QED) is 0.700. The summed E-state index contributed by atoms with van der Waals surface area (Å²) in [5.41, 5.74) is 0. The maximum Gasteiger partial charge on any atom is 0.137 e. The molecule has 0 heterocycles. The highest BCUT2D eigenvalue weighted by Crippen LogP contribution is 2.17. The van der Waals surface area contributed by atoms with Gasteiger partial charge in [0.1, 0.15) is 5.82 Å². The Morgan fingerprint density at radius 1 is 1.55 bits per heavy atom. The second kappa shape index (κ2) is 3.42. The molecule has 0 radical (unpaired) electrons. The van der Waals surface area contributed by atoms with E-state index >= 15 is 0 Å². The number of hydrogen-bond donors (Lipinski definition) is 0. The van der Waals surface area contributed by atoms with Crippen LogP contribution in [0.4, 0.5) is 4.39 Å². The molecule has 0 aromatic heterocycles. The van der Waals surface area contributed by atoms with Gasteiger partial charge in [-0.3, -0.25) is 4.21 Å². The van der Waals surface area contributed by atoms with E-state index in [2.05, 4.69) is 15.9 Å². The van der Waals surface area contributed by atoms with Crippen molar-refractivity contribution in [2.24, 2.45) is 0 Å². The molecule has 5 heteroatoms. The largest absolute Gasteiger partial charge is 0.768 e. The molecule has 2 nitrogen and oxygen atoms in total. The lowest BCUT2D eigenvalue weighted by Crippen LogP contribution is -1.89. The summed E-state index contributed by atoms with van der Waals surface area (Å²) in [4.78, 5) is 0.0678. The maximum absolute atomic E-state index is 12.5. The molecule has 1 rings (SSSR count). The fourth-order valence-corrected chi connectivity index (χ4v) is 1.50. The molecule has 0 amide bonds. The van der Waals surface area contributed by atoms with Crippen molar-refractivity contribution < 1.29 is 13.2 Å². The maximum atomic E-state index is 12.5. The number of benzene rings is 1. The Morgan fingerprint density at radius 3 is 2.64 bits per heavy atom. The molecule has 60 valence electrons. The van der Waals surface area contributed by atoms with E-state index in [1.165, 1.54) is 12.1 Å². The average Bonchev–Trinajstić information content (AvgIpc) is 1.94. The first-order valence-corrected chi connectivity index (χ1v) is 4.52. The predicted octanol–water partition coefficient (Wildman–Crippen LogP) is 1.83. The molecule has 1 aromatic carbocycles. The monoisotopic (exact) mass is 237 g/mol. The van der Waals surface area contributed by atoms with Crippen LogP contribution in [0.2, 0.25) is 0 Å². The van der Waals surface area contributed by atoms with E-state index in [4.69, 9.17) is 0 Å². The summed E-state index contributed by atoms with van der Waals surface area (Å²) in [5.74, 6) is -0.473. The molecule has 0 N–H and O–H groups in total. The lowest BCUT2D eigenvalue weighted by Gasteiger charge is -2.04. The molecule has 0 aliphatic carbocycles. The Bertz CT molecular complexity index is 303. The Morgan fingerprint density at radius 2 is 2.18 bits per heavy atom. The molecule has 0 saturated carbocycles. The molecule has 0 fully saturated rings. The van der Waals surface area contributed by atoms with Crippen LogP contribution in [-0.4, -0.2) is 8.76 Å². The topological polar surface area (TPSA) is 40.1 Å². The molecule has 1 aromatic rings. The first-order valence-electron chi connectivity index (χ1n) is 2.65. The Hall–Kier alpha value is -0.260. The van der Waals surface area contributed by atoms with Gasteiger partial charge in [-0.15, -0.1) is 0 Å². The van der Waals surface area contributed by atoms with Crippen LogP contribution in [0.25, 0.3) is 0 Å². The number of rotatable bonds is 1. The standard InChI is InChI=1S/C6H4BrFO2S/c7-5-3-4(11(9)10)1-2-6(5)8/h1-3H,(H,9,10)/p-1. The van der Waals surface area contributed by atoms with E-state index in [-0.39, 0.29) is 9.37 Å². The van der Waals surface area contributed by atoms with E-state index in [0.29, 0.717) is 0 Å². The highest BCUT2D eigenvalue weighted by Gasteiger charge is 1.99. The van der Waals surface area contributed by atoms with Crippen molar-refractivity contribution in [3.63, 3.8) is 0 Å². The van der Waals surface area contributed by atoms with Gasteiger partial charge in [-0.1, -0.05) is 0 Å². The molecular weight excluding hydrogens is 235 g/mol. The fraction of sp³-hybridized carbons (Fsp3) is 0. The molecule has 11 heavy (non-hydrogen) atoms. The highest BCUT2D eigenvalue weighted by molar-refractivity contribution is 9.10. The van der Waals surface area contributed by atoms with Crippen LogP contribution >= 0.6 is 15.9 Å². The van der Waals surface area contributed by atoms with Crippen molar-refractivity contribution in [2.75, 3.05) is 0 Å². The van der Waals surface area contributed by atoms with Gasteiger partial charge in [0.15, 0.2) is 0 Å². The van der Waals surface area contributed by atoms with Crippen molar-refractivity contribution in [3.05, 3.63) is 28.5 Å². The van der Waals surface area contributed by atoms with Gasteiger partial charge in [-0.05, 0) is 45.2 Å². The van der Waals surface area contributed by atoms with Gasteiger partial charge < -0.3 is 4.55 Å². The molecule has 0 saturated heterocycles. The fourth-order valence-electron chi connectivity index (χ4n) is 0.581. The second-order valence-electron chi connectivity index (χ2n) is 1.81. The van der Waals surface area contributed by atoms with Crippen molar-refractivity contribution in [1.29, 1.82) is 0 Å². The van der Waals surface area contributed by atoms with Crippen LogP contribution < -0.4 is 0 Å². The van der Waals surface area contributed by atoms with Crippen LogP contribution in [0.5, 0.6) is 0 Å². The van der Waals surface area contributed by atoms with Crippen molar-refractivity contribution in [1.82, 2.24) is 0 Å². The summed E-state index contributed by atoms with van der Waals surface area (Å²) in [5, 5.41) is 0. The lowest BCUT2D eigenvalue weighted by atomic mass is 10.3. The SMILES string of the molecule is O=S([O-])c1ccc(F)c(Br)c1. The van der Waals surface area contributed by atoms with E-state index < -0.39 is 16.9 Å². The van der Waals surface area contributed by atoms with Crippen LogP contribution in [0, 0.1) is 5.82 Å². The Balaban J connectivity index is 3.15. The first-order chi connectivity index (χ1) is 5.11. The van der Waals surface area contributed by atoms with Gasteiger partial charge in [-0.2, -0.15) is 0 Å². The van der Waals surface area contributed by atoms with Crippen molar-refractivity contribution in [2.45, 2.75) is 4.90 Å². The molecule has 0 spiro atoms. The third-order valence-electron chi connectivity index (χ3n) is 1.08. The van der Waals surface area contributed by atoms with Crippen LogP contribution in [-0.2, 0) is 11.1 Å². The van der Waals surface area contributed by atoms with E-state index in [1.807, 2.05) is 0 Å². The zero-order valence-electron chi connectivity index (χ0n) is 5.21. The van der Waals surface area contributed by atoms with Gasteiger partial charge >= 0.3 is 0 Å². The third kappa shape index (κ3) is 2.08. The van der Waals surface area contributed by atoms with E-state index in [0.717, 1.165) is 6.07 Å². The minimum atomic E-state index is -2.29. The zero-order chi connectivity index (χ0) is 8.43. The molecule has 0 bridgehead atoms. The van der Waals surface area contributed by atoms with Gasteiger partial charge in [0.2, 0.25) is 0 Å². The van der Waals surface area contributed by atoms with Crippen LogP contribution in [0.3, 0.4) is 0 Å². The molecule has 0 aliphatic rings. The summed E-state index contributed by atoms with van der Waals surface area (Å²) >= 11 is 0.572. The molecule has 0 aliphatic heterocycles. The summed E-state index contributed by atoms with van der Waals surface area (Å²) < 4.78 is 33.3. The normalized spacial score (nSPS) is 13.0. The molecule has 1 atom stereocenters. The van der Waals surface area contributed by atoms with Crippen LogP contribution in [0.1, 0.15) is 0 Å². The third-order valence-corrected chi connectivity index (χ3v) is 2.33. The Kier molecular flexibility index (Phi) is 2.75. The smallest absolute Gasteiger partial charge is 0.137 e. The summed E-state index contributed by atoms with van der Waals surface area (Å²) in [6.45, 7) is 0. The predicted molar refractivity (Wildman–Crippen MR) is 41.3 cm³/mol. The minimum absolute atomic E-state index is 0.0678. The minimum Gasteiger partial charge on any atom is -0.768 e. The van der Waals surface area contributed by atoms with Crippen molar-refractivity contribution >= 4 is 27.0 Å². The average molecular weight is 238 g/mol. The van der Waals surface area contributed by atoms with E-state index in [1.54, 1.807) is 0 Å². The number of hydrogen-bond acceptors (Lipinski definition) is 2. The summed E-state index contributed by atoms with van der Waals surface area (Å²) in [7, 11) is 0. The van der Waals surface area contributed by atoms with Crippen molar-refractivity contribution in [3.8, 4) is 0 Å². The van der Waals surface area contributed by atoms with Crippen LogP contribution in [0.15, 0.2) is 27.6 Å². The van der Waals surface area contributed by atoms with Gasteiger partial charge in [0, 0.05) is 4.90 Å². The van der Waals surface area contributed by atoms with Gasteiger partial charge in [0.05, 0.1) is 4.47 Å². The molecular formula is C6H3BrFO2S-. The second-order valence-corrected chi connectivity index (χ2v) is 3.61. The van der Waals surface area contributed by atoms with Gasteiger partial charge in [-0.25, -0.2) is 4.39 Å². The lowest BCUT2D eigenvalue weighted by molar-refractivity contribution is 0.536. The number of halogens is 2. The Labute approximate surface area is 73.8 Å². The highest BCUT2D eigenvalue weighted by atomic mass is 79.9. The summed E-state index contributed by atoms with van der Waals surface area (Å²) in [6, 6.07) is 3.50. The van der Waals surface area contributed by atoms with Gasteiger partial charge in [0.25, 0.3) is 0 Å². The molecule has 1 unspecified atom stereocenters. The summed E-state index contributed by atoms with van der Waals surface area (Å²) in [6.07, 6.45) is 0.